The predicted octanol–water partition coefficient (Wildman–Crippen LogP) is 7.55. The monoisotopic (exact) mass is 474 g/mol. The van der Waals surface area contributed by atoms with Gasteiger partial charge in [-0.1, -0.05) is 90.5 Å². The number of hydrogen-bond acceptors (Lipinski definition) is 3. The fourth-order valence-corrected chi connectivity index (χ4v) is 4.68. The standard InChI is InChI=1S/C30H23ClN4/c31-24-18-16-22(17-19-24)28-20-29(35(32-28)26-14-8-3-9-15-26)27-21-34(25-12-6-2-7-13-25)33-30(27)23-10-4-1-5-11-23/h1-19,21,29H,20H2/t29-/m1/s1. The van der Waals surface area contributed by atoms with Gasteiger partial charge in [0.25, 0.3) is 0 Å². The highest BCUT2D eigenvalue weighted by molar-refractivity contribution is 6.30. The van der Waals surface area contributed by atoms with Crippen LogP contribution in [0.3, 0.4) is 0 Å². The maximum atomic E-state index is 6.16. The van der Waals surface area contributed by atoms with Crippen LogP contribution >= 0.6 is 11.6 Å². The van der Waals surface area contributed by atoms with Crippen molar-refractivity contribution in [2.24, 2.45) is 5.10 Å². The maximum absolute atomic E-state index is 6.16. The molecule has 5 heteroatoms. The quantitative estimate of drug-likeness (QED) is 0.263. The number of aromatic nitrogens is 2. The molecule has 0 unspecified atom stereocenters. The molecular formula is C30H23ClN4. The molecule has 6 rings (SSSR count). The first kappa shape index (κ1) is 21.4. The molecule has 0 fully saturated rings. The Morgan fingerprint density at radius 2 is 1.26 bits per heavy atom. The molecule has 1 aliphatic rings. The summed E-state index contributed by atoms with van der Waals surface area (Å²) < 4.78 is 1.97. The van der Waals surface area contributed by atoms with Crippen molar-refractivity contribution in [3.8, 4) is 16.9 Å². The molecular weight excluding hydrogens is 452 g/mol. The summed E-state index contributed by atoms with van der Waals surface area (Å²) in [5.74, 6) is 0. The Hall–Kier alpha value is -4.15. The van der Waals surface area contributed by atoms with Crippen LogP contribution in [-0.4, -0.2) is 15.5 Å². The molecule has 4 aromatic carbocycles. The summed E-state index contributed by atoms with van der Waals surface area (Å²) in [5.41, 5.74) is 7.37. The summed E-state index contributed by atoms with van der Waals surface area (Å²) in [6, 6.07) is 38.9. The molecule has 0 bridgehead atoms. The van der Waals surface area contributed by atoms with Crippen LogP contribution in [0.15, 0.2) is 127 Å². The summed E-state index contributed by atoms with van der Waals surface area (Å²) >= 11 is 6.16. The van der Waals surface area contributed by atoms with Gasteiger partial charge in [-0.2, -0.15) is 10.2 Å². The number of benzene rings is 4. The molecule has 1 atom stereocenters. The topological polar surface area (TPSA) is 33.4 Å². The van der Waals surface area contributed by atoms with Crippen molar-refractivity contribution in [2.45, 2.75) is 12.5 Å². The summed E-state index contributed by atoms with van der Waals surface area (Å²) in [6.45, 7) is 0. The molecule has 5 aromatic rings. The first-order chi connectivity index (χ1) is 17.3. The van der Waals surface area contributed by atoms with Crippen molar-refractivity contribution in [3.63, 3.8) is 0 Å². The molecule has 1 aliphatic heterocycles. The van der Waals surface area contributed by atoms with Crippen LogP contribution in [0.5, 0.6) is 0 Å². The third-order valence-corrected chi connectivity index (χ3v) is 6.53. The van der Waals surface area contributed by atoms with Crippen molar-refractivity contribution >= 4 is 23.0 Å². The van der Waals surface area contributed by atoms with Crippen molar-refractivity contribution in [1.82, 2.24) is 9.78 Å². The van der Waals surface area contributed by atoms with E-state index in [1.165, 1.54) is 0 Å². The fourth-order valence-electron chi connectivity index (χ4n) is 4.55. The number of hydrazone groups is 1. The minimum absolute atomic E-state index is 0.00394. The molecule has 0 amide bonds. The molecule has 35 heavy (non-hydrogen) atoms. The molecule has 170 valence electrons. The van der Waals surface area contributed by atoms with Crippen molar-refractivity contribution in [2.75, 3.05) is 5.01 Å². The lowest BCUT2D eigenvalue weighted by Gasteiger charge is -2.23. The smallest absolute Gasteiger partial charge is 0.0981 e. The molecule has 2 heterocycles. The van der Waals surface area contributed by atoms with Crippen LogP contribution in [-0.2, 0) is 0 Å². The minimum Gasteiger partial charge on any atom is -0.257 e. The van der Waals surface area contributed by atoms with Gasteiger partial charge in [0, 0.05) is 28.8 Å². The predicted molar refractivity (Wildman–Crippen MR) is 143 cm³/mol. The highest BCUT2D eigenvalue weighted by Gasteiger charge is 2.33. The maximum Gasteiger partial charge on any atom is 0.0981 e. The van der Waals surface area contributed by atoms with Crippen molar-refractivity contribution < 1.29 is 0 Å². The largest absolute Gasteiger partial charge is 0.257 e. The molecule has 0 radical (unpaired) electrons. The second kappa shape index (κ2) is 9.24. The SMILES string of the molecule is Clc1ccc(C2=NN(c3ccccc3)[C@@H](c3cn(-c4ccccc4)nc3-c3ccccc3)C2)cc1. The van der Waals surface area contributed by atoms with Gasteiger partial charge in [0.05, 0.1) is 28.8 Å². The molecule has 0 saturated heterocycles. The van der Waals surface area contributed by atoms with Gasteiger partial charge in [0.15, 0.2) is 0 Å². The zero-order valence-electron chi connectivity index (χ0n) is 19.0. The lowest BCUT2D eigenvalue weighted by molar-refractivity contribution is 0.709. The summed E-state index contributed by atoms with van der Waals surface area (Å²) in [4.78, 5) is 0. The molecule has 0 saturated carbocycles. The lowest BCUT2D eigenvalue weighted by Crippen LogP contribution is -2.18. The van der Waals surface area contributed by atoms with E-state index >= 15 is 0 Å². The first-order valence-corrected chi connectivity index (χ1v) is 12.0. The van der Waals surface area contributed by atoms with Gasteiger partial charge >= 0.3 is 0 Å². The summed E-state index contributed by atoms with van der Waals surface area (Å²) in [5, 5.41) is 13.0. The summed E-state index contributed by atoms with van der Waals surface area (Å²) in [7, 11) is 0. The highest BCUT2D eigenvalue weighted by atomic mass is 35.5. The van der Waals surface area contributed by atoms with Gasteiger partial charge in [-0.05, 0) is 42.0 Å². The van der Waals surface area contributed by atoms with Gasteiger partial charge in [-0.15, -0.1) is 0 Å². The van der Waals surface area contributed by atoms with Gasteiger partial charge in [-0.3, -0.25) is 5.01 Å². The van der Waals surface area contributed by atoms with Crippen LogP contribution in [0.1, 0.15) is 23.6 Å². The highest BCUT2D eigenvalue weighted by Crippen LogP contribution is 2.40. The van der Waals surface area contributed by atoms with Gasteiger partial charge in [-0.25, -0.2) is 4.68 Å². The van der Waals surface area contributed by atoms with Crippen molar-refractivity contribution in [3.05, 3.63) is 138 Å². The van der Waals surface area contributed by atoms with E-state index in [9.17, 15) is 0 Å². The van der Waals surface area contributed by atoms with Gasteiger partial charge in [0.2, 0.25) is 0 Å². The Balaban J connectivity index is 1.49. The second-order valence-electron chi connectivity index (χ2n) is 8.53. The van der Waals surface area contributed by atoms with Crippen molar-refractivity contribution in [1.29, 1.82) is 0 Å². The first-order valence-electron chi connectivity index (χ1n) is 11.6. The number of para-hydroxylation sites is 2. The molecule has 4 nitrogen and oxygen atoms in total. The van der Waals surface area contributed by atoms with E-state index < -0.39 is 0 Å². The van der Waals surface area contributed by atoms with Crippen LogP contribution in [0.4, 0.5) is 5.69 Å². The lowest BCUT2D eigenvalue weighted by atomic mass is 9.96. The van der Waals surface area contributed by atoms with E-state index in [0.29, 0.717) is 0 Å². The number of anilines is 1. The molecule has 0 aliphatic carbocycles. The fraction of sp³-hybridized carbons (Fsp3) is 0.0667. The van der Waals surface area contributed by atoms with Crippen LogP contribution in [0.25, 0.3) is 16.9 Å². The normalized spacial score (nSPS) is 15.3. The van der Waals surface area contributed by atoms with E-state index in [1.807, 2.05) is 71.4 Å². The zero-order valence-corrected chi connectivity index (χ0v) is 19.8. The Labute approximate surface area is 209 Å². The van der Waals surface area contributed by atoms with Gasteiger partial charge in [0.1, 0.15) is 0 Å². The van der Waals surface area contributed by atoms with E-state index in [4.69, 9.17) is 21.8 Å². The Morgan fingerprint density at radius 3 is 1.91 bits per heavy atom. The minimum atomic E-state index is -0.00394. The average Bonchev–Trinajstić information content (AvgIpc) is 3.56. The Morgan fingerprint density at radius 1 is 0.657 bits per heavy atom. The molecule has 0 spiro atoms. The number of halogens is 1. The van der Waals surface area contributed by atoms with Crippen LogP contribution < -0.4 is 5.01 Å². The molecule has 0 N–H and O–H groups in total. The second-order valence-corrected chi connectivity index (χ2v) is 8.97. The van der Waals surface area contributed by atoms with Crippen LogP contribution in [0, 0.1) is 0 Å². The number of hydrogen-bond donors (Lipinski definition) is 0. The van der Waals surface area contributed by atoms with E-state index in [0.717, 1.165) is 50.9 Å². The average molecular weight is 475 g/mol. The third kappa shape index (κ3) is 4.25. The van der Waals surface area contributed by atoms with E-state index in [1.54, 1.807) is 0 Å². The van der Waals surface area contributed by atoms with E-state index in [2.05, 4.69) is 59.7 Å². The Kier molecular flexibility index (Phi) is 5.65. The number of rotatable bonds is 5. The third-order valence-electron chi connectivity index (χ3n) is 6.28. The summed E-state index contributed by atoms with van der Waals surface area (Å²) in [6.07, 6.45) is 2.91. The Bertz CT molecular complexity index is 1460. The van der Waals surface area contributed by atoms with Crippen LogP contribution in [0.2, 0.25) is 5.02 Å². The molecule has 1 aromatic heterocycles. The van der Waals surface area contributed by atoms with E-state index in [-0.39, 0.29) is 6.04 Å². The number of nitrogens with zero attached hydrogens (tertiary/aromatic N) is 4. The van der Waals surface area contributed by atoms with Gasteiger partial charge < -0.3 is 0 Å². The zero-order chi connectivity index (χ0) is 23.6.